The first-order chi connectivity index (χ1) is 13.2. The van der Waals surface area contributed by atoms with Crippen LogP contribution in [0, 0.1) is 17.8 Å². The second-order valence-corrected chi connectivity index (χ2v) is 10.0. The average molecular weight is 381 g/mol. The summed E-state index contributed by atoms with van der Waals surface area (Å²) in [6.45, 7) is 12.6. The van der Waals surface area contributed by atoms with Crippen LogP contribution in [-0.4, -0.2) is 38.7 Å². The molecule has 1 amide bonds. The van der Waals surface area contributed by atoms with Crippen LogP contribution in [0.1, 0.15) is 64.3 Å². The molecule has 150 valence electrons. The van der Waals surface area contributed by atoms with Gasteiger partial charge in [-0.1, -0.05) is 27.7 Å². The number of hydrogen-bond acceptors (Lipinski definition) is 3. The first-order valence-corrected chi connectivity index (χ1v) is 10.5. The second-order valence-electron chi connectivity index (χ2n) is 10.0. The van der Waals surface area contributed by atoms with Crippen LogP contribution in [0.3, 0.4) is 0 Å². The predicted octanol–water partition coefficient (Wildman–Crippen LogP) is 4.42. The van der Waals surface area contributed by atoms with E-state index in [0.29, 0.717) is 23.8 Å². The van der Waals surface area contributed by atoms with Gasteiger partial charge in [0.25, 0.3) is 0 Å². The van der Waals surface area contributed by atoms with Crippen molar-refractivity contribution in [2.45, 2.75) is 66.3 Å². The molecule has 0 bridgehead atoms. The summed E-state index contributed by atoms with van der Waals surface area (Å²) in [5, 5.41) is 5.00. The highest BCUT2D eigenvalue weighted by Crippen LogP contribution is 2.54. The highest BCUT2D eigenvalue weighted by Gasteiger charge is 2.54. The molecule has 1 spiro atoms. The number of carbonyl (C=O) groups is 1. The van der Waals surface area contributed by atoms with Gasteiger partial charge in [-0.15, -0.1) is 0 Å². The third-order valence-electron chi connectivity index (χ3n) is 6.31. The quantitative estimate of drug-likeness (QED) is 0.789. The molecule has 0 N–H and O–H groups in total. The summed E-state index contributed by atoms with van der Waals surface area (Å²) in [6, 6.07) is 4.51. The fourth-order valence-electron chi connectivity index (χ4n) is 4.93. The van der Waals surface area contributed by atoms with Gasteiger partial charge in [0.2, 0.25) is 5.91 Å². The molecular weight excluding hydrogens is 348 g/mol. The number of likely N-dealkylation sites (tertiary alicyclic amines) is 1. The molecule has 0 aromatic carbocycles. The van der Waals surface area contributed by atoms with E-state index in [1.807, 2.05) is 12.3 Å². The van der Waals surface area contributed by atoms with Crippen molar-refractivity contribution in [3.8, 4) is 11.3 Å². The van der Waals surface area contributed by atoms with E-state index in [0.717, 1.165) is 43.6 Å². The minimum atomic E-state index is 0.0628. The van der Waals surface area contributed by atoms with Crippen molar-refractivity contribution in [2.24, 2.45) is 10.8 Å². The van der Waals surface area contributed by atoms with Gasteiger partial charge in [0.15, 0.2) is 0 Å². The van der Waals surface area contributed by atoms with Crippen molar-refractivity contribution in [3.05, 3.63) is 35.8 Å². The standard InChI is InChI=1S/C23H32N4O/c1-6-19-16(2)21(17-8-7-9-24-13-17)25-27(19)18-10-23(11-18)14-26(15-23)20(28)12-22(3,4)5/h7-9,13,18H,6,10-12,14-15H2,1-5H3. The van der Waals surface area contributed by atoms with Crippen LogP contribution in [0.2, 0.25) is 0 Å². The van der Waals surface area contributed by atoms with Crippen molar-refractivity contribution in [1.82, 2.24) is 19.7 Å². The minimum Gasteiger partial charge on any atom is -0.341 e. The van der Waals surface area contributed by atoms with Gasteiger partial charge >= 0.3 is 0 Å². The SMILES string of the molecule is CCc1c(C)c(-c2cccnc2)nn1C1CC2(C1)CN(C(=O)CC(C)(C)C)C2. The van der Waals surface area contributed by atoms with Crippen LogP contribution in [0.5, 0.6) is 0 Å². The Hall–Kier alpha value is -2.17. The lowest BCUT2D eigenvalue weighted by Crippen LogP contribution is -2.64. The van der Waals surface area contributed by atoms with Gasteiger partial charge in [-0.05, 0) is 49.3 Å². The monoisotopic (exact) mass is 380 g/mol. The van der Waals surface area contributed by atoms with Gasteiger partial charge in [-0.2, -0.15) is 5.10 Å². The number of rotatable bonds is 4. The molecule has 0 atom stereocenters. The molecular formula is C23H32N4O. The molecule has 2 aromatic heterocycles. The Labute approximate surface area is 168 Å². The summed E-state index contributed by atoms with van der Waals surface area (Å²) in [7, 11) is 0. The third-order valence-corrected chi connectivity index (χ3v) is 6.31. The van der Waals surface area contributed by atoms with E-state index in [2.05, 4.69) is 55.3 Å². The van der Waals surface area contributed by atoms with Gasteiger partial charge < -0.3 is 4.90 Å². The van der Waals surface area contributed by atoms with Crippen molar-refractivity contribution < 1.29 is 4.79 Å². The Bertz CT molecular complexity index is 864. The Balaban J connectivity index is 1.44. The Morgan fingerprint density at radius 3 is 2.57 bits per heavy atom. The van der Waals surface area contributed by atoms with E-state index in [9.17, 15) is 4.79 Å². The molecule has 1 aliphatic carbocycles. The molecule has 2 fully saturated rings. The smallest absolute Gasteiger partial charge is 0.223 e. The van der Waals surface area contributed by atoms with E-state index in [-0.39, 0.29) is 5.41 Å². The van der Waals surface area contributed by atoms with E-state index in [4.69, 9.17) is 5.10 Å². The molecule has 2 aliphatic rings. The van der Waals surface area contributed by atoms with Crippen molar-refractivity contribution in [3.63, 3.8) is 0 Å². The molecule has 1 saturated heterocycles. The summed E-state index contributed by atoms with van der Waals surface area (Å²) in [5.41, 5.74) is 5.14. The van der Waals surface area contributed by atoms with Crippen molar-refractivity contribution >= 4 is 5.91 Å². The molecule has 5 heteroatoms. The number of nitrogens with zero attached hydrogens (tertiary/aromatic N) is 4. The summed E-state index contributed by atoms with van der Waals surface area (Å²) in [6.07, 6.45) is 7.58. The highest BCUT2D eigenvalue weighted by atomic mass is 16.2. The fraction of sp³-hybridized carbons (Fsp3) is 0.609. The van der Waals surface area contributed by atoms with Gasteiger partial charge in [-0.25, -0.2) is 0 Å². The van der Waals surface area contributed by atoms with E-state index >= 15 is 0 Å². The summed E-state index contributed by atoms with van der Waals surface area (Å²) < 4.78 is 2.27. The third kappa shape index (κ3) is 3.36. The van der Waals surface area contributed by atoms with Gasteiger partial charge in [0, 0.05) is 48.6 Å². The lowest BCUT2D eigenvalue weighted by Gasteiger charge is -2.59. The normalized spacial score (nSPS) is 18.8. The Kier molecular flexibility index (Phi) is 4.59. The molecule has 0 radical (unpaired) electrons. The zero-order valence-electron chi connectivity index (χ0n) is 17.8. The molecule has 2 aromatic rings. The van der Waals surface area contributed by atoms with Gasteiger partial charge in [0.05, 0.1) is 11.7 Å². The van der Waals surface area contributed by atoms with Crippen LogP contribution in [0.4, 0.5) is 0 Å². The Morgan fingerprint density at radius 2 is 2.00 bits per heavy atom. The maximum Gasteiger partial charge on any atom is 0.223 e. The number of pyridine rings is 1. The zero-order valence-corrected chi connectivity index (χ0v) is 17.8. The maximum absolute atomic E-state index is 12.4. The number of aromatic nitrogens is 3. The summed E-state index contributed by atoms with van der Waals surface area (Å²) in [4.78, 5) is 18.7. The van der Waals surface area contributed by atoms with Crippen LogP contribution in [-0.2, 0) is 11.2 Å². The van der Waals surface area contributed by atoms with Crippen LogP contribution in [0.15, 0.2) is 24.5 Å². The van der Waals surface area contributed by atoms with E-state index in [1.54, 1.807) is 6.20 Å². The van der Waals surface area contributed by atoms with Crippen LogP contribution < -0.4 is 0 Å². The molecule has 1 saturated carbocycles. The number of hydrogen-bond donors (Lipinski definition) is 0. The summed E-state index contributed by atoms with van der Waals surface area (Å²) >= 11 is 0. The Morgan fingerprint density at radius 1 is 1.29 bits per heavy atom. The highest BCUT2D eigenvalue weighted by molar-refractivity contribution is 5.78. The van der Waals surface area contributed by atoms with Gasteiger partial charge in [0.1, 0.15) is 0 Å². The molecule has 0 unspecified atom stereocenters. The maximum atomic E-state index is 12.4. The van der Waals surface area contributed by atoms with Crippen LogP contribution in [0.25, 0.3) is 11.3 Å². The molecule has 4 rings (SSSR count). The first-order valence-electron chi connectivity index (χ1n) is 10.5. The fourth-order valence-corrected chi connectivity index (χ4v) is 4.93. The minimum absolute atomic E-state index is 0.0628. The largest absolute Gasteiger partial charge is 0.341 e. The molecule has 5 nitrogen and oxygen atoms in total. The lowest BCUT2D eigenvalue weighted by atomic mass is 9.60. The predicted molar refractivity (Wildman–Crippen MR) is 111 cm³/mol. The average Bonchev–Trinajstić information content (AvgIpc) is 2.88. The van der Waals surface area contributed by atoms with Crippen molar-refractivity contribution in [2.75, 3.05) is 13.1 Å². The van der Waals surface area contributed by atoms with Crippen LogP contribution >= 0.6 is 0 Å². The lowest BCUT2D eigenvalue weighted by molar-refractivity contribution is -0.156. The second kappa shape index (κ2) is 6.71. The zero-order chi connectivity index (χ0) is 20.1. The van der Waals surface area contributed by atoms with E-state index in [1.165, 1.54) is 11.3 Å². The number of amides is 1. The molecule has 1 aliphatic heterocycles. The number of carbonyl (C=O) groups excluding carboxylic acids is 1. The van der Waals surface area contributed by atoms with Gasteiger partial charge in [-0.3, -0.25) is 14.5 Å². The first kappa shape index (κ1) is 19.2. The topological polar surface area (TPSA) is 51.0 Å². The molecule has 3 heterocycles. The van der Waals surface area contributed by atoms with E-state index < -0.39 is 0 Å². The summed E-state index contributed by atoms with van der Waals surface area (Å²) in [5.74, 6) is 0.310. The van der Waals surface area contributed by atoms with Crippen molar-refractivity contribution in [1.29, 1.82) is 0 Å². The molecule has 28 heavy (non-hydrogen) atoms.